The number of ether oxygens (including phenoxy) is 2. The molecule has 2 aliphatic rings. The predicted molar refractivity (Wildman–Crippen MR) is 108 cm³/mol. The summed E-state index contributed by atoms with van der Waals surface area (Å²) in [6.07, 6.45) is 1.51. The molecular formula is C20H31N3O4S. The molecule has 3 rings (SSSR count). The summed E-state index contributed by atoms with van der Waals surface area (Å²) in [4.78, 5) is 33.3. The highest BCUT2D eigenvalue weighted by molar-refractivity contribution is 7.09. The summed E-state index contributed by atoms with van der Waals surface area (Å²) in [5, 5.41) is 2.85. The van der Waals surface area contributed by atoms with E-state index < -0.39 is 5.60 Å². The number of hydrogen-bond acceptors (Lipinski definition) is 6. The van der Waals surface area contributed by atoms with E-state index in [1.54, 1.807) is 16.2 Å². The molecule has 8 heteroatoms. The monoisotopic (exact) mass is 409 g/mol. The summed E-state index contributed by atoms with van der Waals surface area (Å²) in [5.74, 6) is 0.267. The molecule has 0 bridgehead atoms. The molecule has 2 aliphatic heterocycles. The maximum absolute atomic E-state index is 12.8. The largest absolute Gasteiger partial charge is 0.444 e. The van der Waals surface area contributed by atoms with Gasteiger partial charge in [-0.3, -0.25) is 4.79 Å². The third-order valence-corrected chi connectivity index (χ3v) is 5.95. The van der Waals surface area contributed by atoms with Gasteiger partial charge in [0.15, 0.2) is 0 Å². The minimum absolute atomic E-state index is 0.0179. The Bertz CT molecular complexity index is 697. The summed E-state index contributed by atoms with van der Waals surface area (Å²) >= 11 is 1.55. The van der Waals surface area contributed by atoms with Crippen molar-refractivity contribution < 1.29 is 19.1 Å². The second kappa shape index (κ2) is 8.37. The molecule has 0 N–H and O–H groups in total. The van der Waals surface area contributed by atoms with Crippen LogP contribution in [0.4, 0.5) is 4.79 Å². The highest BCUT2D eigenvalue weighted by Crippen LogP contribution is 2.31. The fraction of sp³-hybridized carbons (Fsp3) is 0.750. The van der Waals surface area contributed by atoms with E-state index in [0.717, 1.165) is 17.8 Å². The summed E-state index contributed by atoms with van der Waals surface area (Å²) in [6, 6.07) is 0. The van der Waals surface area contributed by atoms with Gasteiger partial charge in [0.25, 0.3) is 5.91 Å². The lowest BCUT2D eigenvalue weighted by Crippen LogP contribution is -2.48. The van der Waals surface area contributed by atoms with Gasteiger partial charge in [-0.15, -0.1) is 11.3 Å². The molecule has 0 aromatic carbocycles. The Morgan fingerprint density at radius 2 is 1.75 bits per heavy atom. The smallest absolute Gasteiger partial charge is 0.410 e. The Kier molecular flexibility index (Phi) is 6.29. The molecule has 2 atom stereocenters. The van der Waals surface area contributed by atoms with Gasteiger partial charge in [-0.25, -0.2) is 9.78 Å². The normalized spacial score (nSPS) is 24.3. The lowest BCUT2D eigenvalue weighted by Gasteiger charge is -2.35. The van der Waals surface area contributed by atoms with Crippen molar-refractivity contribution in [1.29, 1.82) is 0 Å². The van der Waals surface area contributed by atoms with E-state index in [1.165, 1.54) is 0 Å². The van der Waals surface area contributed by atoms with Crippen LogP contribution >= 0.6 is 11.3 Å². The molecule has 28 heavy (non-hydrogen) atoms. The van der Waals surface area contributed by atoms with Crippen LogP contribution in [-0.2, 0) is 9.47 Å². The summed E-state index contributed by atoms with van der Waals surface area (Å²) in [5.41, 5.74) is 0.0448. The van der Waals surface area contributed by atoms with Crippen LogP contribution < -0.4 is 0 Å². The molecule has 7 nitrogen and oxygen atoms in total. The number of hydrogen-bond donors (Lipinski definition) is 0. The minimum Gasteiger partial charge on any atom is -0.444 e. The Morgan fingerprint density at radius 1 is 1.14 bits per heavy atom. The zero-order chi connectivity index (χ0) is 20.5. The highest BCUT2D eigenvalue weighted by atomic mass is 32.1. The van der Waals surface area contributed by atoms with Crippen molar-refractivity contribution in [3.63, 3.8) is 0 Å². The maximum atomic E-state index is 12.8. The molecule has 2 amide bonds. The lowest BCUT2D eigenvalue weighted by atomic mass is 9.98. The van der Waals surface area contributed by atoms with Gasteiger partial charge < -0.3 is 19.3 Å². The van der Waals surface area contributed by atoms with Crippen molar-refractivity contribution in [2.45, 2.75) is 71.2 Å². The van der Waals surface area contributed by atoms with Gasteiger partial charge in [-0.1, -0.05) is 0 Å². The third-order valence-electron chi connectivity index (χ3n) is 4.94. The Labute approximate surface area is 171 Å². The molecule has 0 radical (unpaired) electrons. The molecule has 0 spiro atoms. The molecule has 2 saturated heterocycles. The van der Waals surface area contributed by atoms with Gasteiger partial charge in [0.05, 0.1) is 17.2 Å². The van der Waals surface area contributed by atoms with E-state index in [4.69, 9.17) is 9.47 Å². The molecule has 0 aliphatic carbocycles. The number of carbonyl (C=O) groups is 2. The Hall–Kier alpha value is -1.67. The van der Waals surface area contributed by atoms with E-state index in [-0.39, 0.29) is 30.1 Å². The maximum Gasteiger partial charge on any atom is 0.410 e. The number of amides is 2. The predicted octanol–water partition coefficient (Wildman–Crippen LogP) is 3.51. The fourth-order valence-electron chi connectivity index (χ4n) is 3.71. The molecule has 2 unspecified atom stereocenters. The van der Waals surface area contributed by atoms with Crippen molar-refractivity contribution in [3.05, 3.63) is 16.1 Å². The van der Waals surface area contributed by atoms with Crippen LogP contribution in [0.25, 0.3) is 0 Å². The van der Waals surface area contributed by atoms with Crippen LogP contribution in [0.3, 0.4) is 0 Å². The summed E-state index contributed by atoms with van der Waals surface area (Å²) in [7, 11) is 0. The van der Waals surface area contributed by atoms with E-state index >= 15 is 0 Å². The first-order chi connectivity index (χ1) is 13.1. The van der Waals surface area contributed by atoms with Crippen molar-refractivity contribution in [2.75, 3.05) is 26.2 Å². The molecule has 0 saturated carbocycles. The topological polar surface area (TPSA) is 72.0 Å². The first kappa shape index (κ1) is 21.0. The third kappa shape index (κ3) is 5.23. The molecule has 1 aromatic rings. The number of thiazole rings is 1. The number of morpholine rings is 1. The summed E-state index contributed by atoms with van der Waals surface area (Å²) < 4.78 is 11.2. The van der Waals surface area contributed by atoms with Crippen LogP contribution in [-0.4, -0.2) is 70.8 Å². The van der Waals surface area contributed by atoms with E-state index in [0.29, 0.717) is 31.9 Å². The SMILES string of the molecule is CC1CN(C(=O)c2csc(C3CCN(C(=O)OC(C)(C)C)CC3)n2)CC(C)O1. The second-order valence-electron chi connectivity index (χ2n) is 8.78. The number of nitrogens with zero attached hydrogens (tertiary/aromatic N) is 3. The molecular weight excluding hydrogens is 378 g/mol. The molecule has 156 valence electrons. The van der Waals surface area contributed by atoms with E-state index in [9.17, 15) is 9.59 Å². The standard InChI is InChI=1S/C20H31N3O4S/c1-13-10-23(11-14(2)26-13)18(24)16-12-28-17(21-16)15-6-8-22(9-7-15)19(25)27-20(3,4)5/h12-15H,6-11H2,1-5H3. The number of likely N-dealkylation sites (tertiary alicyclic amines) is 1. The van der Waals surface area contributed by atoms with Gasteiger partial charge >= 0.3 is 6.09 Å². The molecule has 1 aromatic heterocycles. The van der Waals surface area contributed by atoms with Crippen molar-refractivity contribution in [2.24, 2.45) is 0 Å². The number of aromatic nitrogens is 1. The zero-order valence-electron chi connectivity index (χ0n) is 17.4. The van der Waals surface area contributed by atoms with Crippen molar-refractivity contribution in [1.82, 2.24) is 14.8 Å². The quantitative estimate of drug-likeness (QED) is 0.747. The van der Waals surface area contributed by atoms with E-state index in [1.807, 2.05) is 44.9 Å². The van der Waals surface area contributed by atoms with Gasteiger partial charge in [-0.2, -0.15) is 0 Å². The number of piperidine rings is 1. The fourth-order valence-corrected chi connectivity index (χ4v) is 4.68. The first-order valence-corrected chi connectivity index (χ1v) is 10.9. The van der Waals surface area contributed by atoms with Crippen LogP contribution in [0.15, 0.2) is 5.38 Å². The van der Waals surface area contributed by atoms with Crippen LogP contribution in [0.5, 0.6) is 0 Å². The second-order valence-corrected chi connectivity index (χ2v) is 9.67. The van der Waals surface area contributed by atoms with E-state index in [2.05, 4.69) is 4.98 Å². The average molecular weight is 410 g/mol. The van der Waals surface area contributed by atoms with Gasteiger partial charge in [-0.05, 0) is 47.5 Å². The molecule has 2 fully saturated rings. The van der Waals surface area contributed by atoms with Crippen LogP contribution in [0, 0.1) is 0 Å². The molecule has 3 heterocycles. The van der Waals surface area contributed by atoms with Gasteiger partial charge in [0.2, 0.25) is 0 Å². The summed E-state index contributed by atoms with van der Waals surface area (Å²) in [6.45, 7) is 12.1. The lowest BCUT2D eigenvalue weighted by molar-refractivity contribution is -0.0587. The van der Waals surface area contributed by atoms with Crippen LogP contribution in [0.1, 0.15) is 68.9 Å². The van der Waals surface area contributed by atoms with Crippen LogP contribution in [0.2, 0.25) is 0 Å². The minimum atomic E-state index is -0.479. The number of rotatable bonds is 2. The van der Waals surface area contributed by atoms with Gasteiger partial charge in [0.1, 0.15) is 11.3 Å². The Balaban J connectivity index is 1.56. The van der Waals surface area contributed by atoms with Crippen molar-refractivity contribution >= 4 is 23.3 Å². The highest BCUT2D eigenvalue weighted by Gasteiger charge is 2.31. The number of carbonyl (C=O) groups excluding carboxylic acids is 2. The zero-order valence-corrected chi connectivity index (χ0v) is 18.3. The van der Waals surface area contributed by atoms with Crippen molar-refractivity contribution in [3.8, 4) is 0 Å². The average Bonchev–Trinajstić information content (AvgIpc) is 3.09. The van der Waals surface area contributed by atoms with Gasteiger partial charge in [0, 0.05) is 37.5 Å². The first-order valence-electron chi connectivity index (χ1n) is 10.0. The Morgan fingerprint density at radius 3 is 2.32 bits per heavy atom.